The quantitative estimate of drug-likeness (QED) is 0.765. The highest BCUT2D eigenvalue weighted by Crippen LogP contribution is 2.29. The van der Waals surface area contributed by atoms with Crippen LogP contribution in [-0.2, 0) is 14.9 Å². The number of nitrogens with zero attached hydrogens (tertiary/aromatic N) is 1. The molecule has 2 aromatic rings. The van der Waals surface area contributed by atoms with E-state index in [1.54, 1.807) is 23.1 Å². The first-order valence-electron chi connectivity index (χ1n) is 10.4. The van der Waals surface area contributed by atoms with Crippen LogP contribution in [0.15, 0.2) is 42.5 Å². The molecule has 7 nitrogen and oxygen atoms in total. The zero-order chi connectivity index (χ0) is 22.4. The predicted molar refractivity (Wildman–Crippen MR) is 119 cm³/mol. The van der Waals surface area contributed by atoms with E-state index in [4.69, 9.17) is 14.2 Å². The van der Waals surface area contributed by atoms with Gasteiger partial charge < -0.3 is 24.4 Å². The Hall–Kier alpha value is -3.06. The Morgan fingerprint density at radius 2 is 1.71 bits per heavy atom. The Morgan fingerprint density at radius 1 is 1.03 bits per heavy atom. The van der Waals surface area contributed by atoms with Crippen LogP contribution in [0.5, 0.6) is 11.5 Å². The number of morpholine rings is 1. The third kappa shape index (κ3) is 5.98. The van der Waals surface area contributed by atoms with Crippen LogP contribution in [0.1, 0.15) is 36.7 Å². The van der Waals surface area contributed by atoms with Gasteiger partial charge in [-0.05, 0) is 41.3 Å². The van der Waals surface area contributed by atoms with Gasteiger partial charge in [0.05, 0.1) is 20.3 Å². The topological polar surface area (TPSA) is 77.1 Å². The summed E-state index contributed by atoms with van der Waals surface area (Å²) in [5.41, 5.74) is 2.40. The van der Waals surface area contributed by atoms with Crippen LogP contribution >= 0.6 is 0 Å². The number of benzene rings is 2. The second kappa shape index (κ2) is 9.83. The molecule has 1 heterocycles. The zero-order valence-corrected chi connectivity index (χ0v) is 18.6. The number of hydrogen-bond donors (Lipinski definition) is 1. The summed E-state index contributed by atoms with van der Waals surface area (Å²) in [6.45, 7) is 8.54. The first-order chi connectivity index (χ1) is 14.8. The molecule has 0 atom stereocenters. The van der Waals surface area contributed by atoms with Gasteiger partial charge in [0.25, 0.3) is 11.8 Å². The van der Waals surface area contributed by atoms with Gasteiger partial charge in [-0.15, -0.1) is 0 Å². The number of amides is 2. The molecule has 0 aliphatic carbocycles. The van der Waals surface area contributed by atoms with Crippen LogP contribution in [0.3, 0.4) is 0 Å². The van der Waals surface area contributed by atoms with Gasteiger partial charge in [-0.25, -0.2) is 0 Å². The minimum atomic E-state index is -0.252. The molecule has 3 rings (SSSR count). The Kier molecular flexibility index (Phi) is 7.17. The van der Waals surface area contributed by atoms with E-state index in [1.165, 1.54) is 12.7 Å². The normalized spacial score (nSPS) is 14.1. The van der Waals surface area contributed by atoms with Gasteiger partial charge in [-0.2, -0.15) is 0 Å². The molecule has 0 aromatic heterocycles. The van der Waals surface area contributed by atoms with E-state index in [-0.39, 0.29) is 23.8 Å². The van der Waals surface area contributed by atoms with E-state index in [9.17, 15) is 9.59 Å². The molecule has 2 aromatic carbocycles. The Balaban J connectivity index is 1.63. The van der Waals surface area contributed by atoms with Crippen molar-refractivity contribution >= 4 is 17.5 Å². The molecule has 1 aliphatic heterocycles. The van der Waals surface area contributed by atoms with E-state index >= 15 is 0 Å². The molecule has 0 spiro atoms. The van der Waals surface area contributed by atoms with E-state index in [0.29, 0.717) is 49.1 Å². The fourth-order valence-electron chi connectivity index (χ4n) is 3.23. The molecule has 1 saturated heterocycles. The fraction of sp³-hybridized carbons (Fsp3) is 0.417. The summed E-state index contributed by atoms with van der Waals surface area (Å²) in [4.78, 5) is 26.7. The highest BCUT2D eigenvalue weighted by atomic mass is 16.5. The second-order valence-corrected chi connectivity index (χ2v) is 8.43. The van der Waals surface area contributed by atoms with Crippen molar-refractivity contribution < 1.29 is 23.8 Å². The van der Waals surface area contributed by atoms with Crippen molar-refractivity contribution in [3.05, 3.63) is 53.6 Å². The highest BCUT2D eigenvalue weighted by molar-refractivity contribution is 6.04. The molecule has 7 heteroatoms. The van der Waals surface area contributed by atoms with E-state index < -0.39 is 0 Å². The van der Waals surface area contributed by atoms with Crippen LogP contribution in [0.2, 0.25) is 0 Å². The molecule has 166 valence electrons. The summed E-state index contributed by atoms with van der Waals surface area (Å²) in [5.74, 6) is 0.448. The van der Waals surface area contributed by atoms with Crippen molar-refractivity contribution in [1.29, 1.82) is 0 Å². The average molecular weight is 427 g/mol. The number of ether oxygens (including phenoxy) is 3. The first kappa shape index (κ1) is 22.6. The van der Waals surface area contributed by atoms with Gasteiger partial charge in [0, 0.05) is 24.3 Å². The summed E-state index contributed by atoms with van der Waals surface area (Å²) in [7, 11) is 1.50. The summed E-state index contributed by atoms with van der Waals surface area (Å²) >= 11 is 0. The minimum absolute atomic E-state index is 0.0505. The zero-order valence-electron chi connectivity index (χ0n) is 18.6. The van der Waals surface area contributed by atoms with Crippen molar-refractivity contribution in [2.75, 3.05) is 45.3 Å². The molecule has 31 heavy (non-hydrogen) atoms. The molecule has 1 N–H and O–H groups in total. The third-order valence-corrected chi connectivity index (χ3v) is 5.15. The van der Waals surface area contributed by atoms with Crippen molar-refractivity contribution in [3.8, 4) is 11.5 Å². The molecular formula is C24H30N2O5. The van der Waals surface area contributed by atoms with Gasteiger partial charge in [0.2, 0.25) is 0 Å². The van der Waals surface area contributed by atoms with Crippen molar-refractivity contribution in [1.82, 2.24) is 4.90 Å². The van der Waals surface area contributed by atoms with Crippen LogP contribution in [0, 0.1) is 0 Å². The molecule has 2 amide bonds. The van der Waals surface area contributed by atoms with Crippen LogP contribution in [0.4, 0.5) is 5.69 Å². The lowest BCUT2D eigenvalue weighted by atomic mass is 9.87. The van der Waals surface area contributed by atoms with Gasteiger partial charge in [0.1, 0.15) is 0 Å². The van der Waals surface area contributed by atoms with Crippen molar-refractivity contribution in [2.24, 2.45) is 0 Å². The molecule has 0 bridgehead atoms. The maximum atomic E-state index is 12.7. The lowest BCUT2D eigenvalue weighted by Gasteiger charge is -2.26. The number of rotatable bonds is 6. The average Bonchev–Trinajstić information content (AvgIpc) is 2.77. The summed E-state index contributed by atoms with van der Waals surface area (Å²) in [6, 6.07) is 12.7. The Bertz CT molecular complexity index is 913. The lowest BCUT2D eigenvalue weighted by Crippen LogP contribution is -2.43. The smallest absolute Gasteiger partial charge is 0.260 e. The predicted octanol–water partition coefficient (Wildman–Crippen LogP) is 3.48. The summed E-state index contributed by atoms with van der Waals surface area (Å²) in [5, 5.41) is 2.89. The van der Waals surface area contributed by atoms with E-state index in [1.807, 2.05) is 24.3 Å². The lowest BCUT2D eigenvalue weighted by molar-refractivity contribution is -0.137. The van der Waals surface area contributed by atoms with Crippen LogP contribution in [0.25, 0.3) is 0 Å². The fourth-order valence-corrected chi connectivity index (χ4v) is 3.23. The van der Waals surface area contributed by atoms with Gasteiger partial charge in [-0.1, -0.05) is 32.9 Å². The summed E-state index contributed by atoms with van der Waals surface area (Å²) in [6.07, 6.45) is 0. The first-order valence-corrected chi connectivity index (χ1v) is 10.4. The Morgan fingerprint density at radius 3 is 2.32 bits per heavy atom. The number of carbonyl (C=O) groups is 2. The largest absolute Gasteiger partial charge is 0.493 e. The van der Waals surface area contributed by atoms with Crippen LogP contribution < -0.4 is 14.8 Å². The number of nitrogens with one attached hydrogen (secondary N) is 1. The molecule has 1 fully saturated rings. The Labute approximate surface area is 183 Å². The number of carbonyl (C=O) groups excluding carboxylic acids is 2. The van der Waals surface area contributed by atoms with Crippen molar-refractivity contribution in [3.63, 3.8) is 0 Å². The maximum absolute atomic E-state index is 12.7. The van der Waals surface area contributed by atoms with Gasteiger partial charge >= 0.3 is 0 Å². The minimum Gasteiger partial charge on any atom is -0.493 e. The van der Waals surface area contributed by atoms with Gasteiger partial charge in [0.15, 0.2) is 18.1 Å². The number of anilines is 1. The standard InChI is InChI=1S/C24H30N2O5/c1-24(2,3)18-6-8-19(9-7-18)25-23(28)17-5-10-20(21(15-17)29-4)31-16-22(27)26-11-13-30-14-12-26/h5-10,15H,11-14,16H2,1-4H3,(H,25,28). The maximum Gasteiger partial charge on any atom is 0.260 e. The monoisotopic (exact) mass is 426 g/mol. The second-order valence-electron chi connectivity index (χ2n) is 8.43. The van der Waals surface area contributed by atoms with Gasteiger partial charge in [-0.3, -0.25) is 9.59 Å². The summed E-state index contributed by atoms with van der Waals surface area (Å²) < 4.78 is 16.3. The molecule has 0 unspecified atom stereocenters. The van der Waals surface area contributed by atoms with E-state index in [0.717, 1.165) is 0 Å². The highest BCUT2D eigenvalue weighted by Gasteiger charge is 2.19. The van der Waals surface area contributed by atoms with E-state index in [2.05, 4.69) is 26.1 Å². The SMILES string of the molecule is COc1cc(C(=O)Nc2ccc(C(C)(C)C)cc2)ccc1OCC(=O)N1CCOCC1. The molecule has 0 saturated carbocycles. The number of methoxy groups -OCH3 is 1. The molecule has 0 radical (unpaired) electrons. The third-order valence-electron chi connectivity index (χ3n) is 5.15. The van der Waals surface area contributed by atoms with Crippen LogP contribution in [-0.4, -0.2) is 56.7 Å². The van der Waals surface area contributed by atoms with Crippen molar-refractivity contribution in [2.45, 2.75) is 26.2 Å². The number of hydrogen-bond acceptors (Lipinski definition) is 5. The molecular weight excluding hydrogens is 396 g/mol. The molecule has 1 aliphatic rings.